The number of benzene rings is 1. The molecule has 0 bridgehead atoms. The van der Waals surface area contributed by atoms with E-state index in [4.69, 9.17) is 0 Å². The molecule has 1 rings (SSSR count). The third-order valence-electron chi connectivity index (χ3n) is 2.42. The molecule has 0 unspecified atom stereocenters. The van der Waals surface area contributed by atoms with Gasteiger partial charge >= 0.3 is 6.03 Å². The molecule has 1 aromatic carbocycles. The average Bonchev–Trinajstić information content (AvgIpc) is 2.28. The van der Waals surface area contributed by atoms with Crippen LogP contribution in [0.5, 0.6) is 0 Å². The summed E-state index contributed by atoms with van der Waals surface area (Å²) in [5.74, 6) is -0.0958. The summed E-state index contributed by atoms with van der Waals surface area (Å²) in [6.45, 7) is 9.41. The normalized spacial score (nSPS) is 11.1. The van der Waals surface area contributed by atoms with Crippen LogP contribution in [0.3, 0.4) is 0 Å². The van der Waals surface area contributed by atoms with Gasteiger partial charge in [0.2, 0.25) is 5.91 Å². The molecule has 3 N–H and O–H groups in total. The van der Waals surface area contributed by atoms with E-state index in [0.717, 1.165) is 0 Å². The van der Waals surface area contributed by atoms with Gasteiger partial charge in [-0.15, -0.1) is 0 Å². The predicted octanol–water partition coefficient (Wildman–Crippen LogP) is 3.20. The number of anilines is 2. The Bertz CT molecular complexity index is 473. The van der Waals surface area contributed by atoms with Gasteiger partial charge in [0.05, 0.1) is 0 Å². The van der Waals surface area contributed by atoms with Gasteiger partial charge in [0.25, 0.3) is 0 Å². The Morgan fingerprint density at radius 3 is 1.80 bits per heavy atom. The predicted molar refractivity (Wildman–Crippen MR) is 81.8 cm³/mol. The highest BCUT2D eigenvalue weighted by Gasteiger charge is 2.13. The first-order valence-electron chi connectivity index (χ1n) is 6.67. The molecule has 0 heterocycles. The average molecular weight is 277 g/mol. The van der Waals surface area contributed by atoms with Crippen molar-refractivity contribution < 1.29 is 9.59 Å². The second kappa shape index (κ2) is 6.41. The zero-order chi connectivity index (χ0) is 15.3. The van der Waals surface area contributed by atoms with Crippen LogP contribution in [-0.4, -0.2) is 17.5 Å². The summed E-state index contributed by atoms with van der Waals surface area (Å²) in [4.78, 5) is 23.2. The van der Waals surface area contributed by atoms with E-state index in [9.17, 15) is 9.59 Å². The summed E-state index contributed by atoms with van der Waals surface area (Å²) < 4.78 is 0. The first-order chi connectivity index (χ1) is 9.17. The molecular weight excluding hydrogens is 254 g/mol. The van der Waals surface area contributed by atoms with Crippen LogP contribution in [0.2, 0.25) is 0 Å². The van der Waals surface area contributed by atoms with Gasteiger partial charge in [-0.05, 0) is 45.0 Å². The van der Waals surface area contributed by atoms with Crippen molar-refractivity contribution in [3.05, 3.63) is 24.3 Å². The highest BCUT2D eigenvalue weighted by atomic mass is 16.2. The van der Waals surface area contributed by atoms with Crippen LogP contribution in [0, 0.1) is 5.92 Å². The second-order valence-electron chi connectivity index (χ2n) is 6.05. The SMILES string of the molecule is CC(C)C(=O)Nc1ccc(NC(=O)NC(C)(C)C)cc1. The fourth-order valence-corrected chi connectivity index (χ4v) is 1.43. The molecule has 0 saturated carbocycles. The van der Waals surface area contributed by atoms with Crippen LogP contribution < -0.4 is 16.0 Å². The Morgan fingerprint density at radius 2 is 1.40 bits per heavy atom. The van der Waals surface area contributed by atoms with Gasteiger partial charge in [0.1, 0.15) is 0 Å². The lowest BCUT2D eigenvalue weighted by atomic mass is 10.1. The standard InChI is InChI=1S/C15H23N3O2/c1-10(2)13(19)16-11-6-8-12(9-7-11)17-14(20)18-15(3,4)5/h6-10H,1-5H3,(H,16,19)(H2,17,18,20). The van der Waals surface area contributed by atoms with E-state index in [1.807, 2.05) is 34.6 Å². The maximum atomic E-state index is 11.7. The Kier molecular flexibility index (Phi) is 5.13. The van der Waals surface area contributed by atoms with Crippen LogP contribution in [-0.2, 0) is 4.79 Å². The van der Waals surface area contributed by atoms with Crippen molar-refractivity contribution in [2.45, 2.75) is 40.2 Å². The molecule has 3 amide bonds. The van der Waals surface area contributed by atoms with Crippen LogP contribution in [0.15, 0.2) is 24.3 Å². The Morgan fingerprint density at radius 1 is 0.950 bits per heavy atom. The van der Waals surface area contributed by atoms with Crippen molar-refractivity contribution in [2.75, 3.05) is 10.6 Å². The van der Waals surface area contributed by atoms with E-state index in [0.29, 0.717) is 11.4 Å². The van der Waals surface area contributed by atoms with Crippen molar-refractivity contribution in [3.8, 4) is 0 Å². The lowest BCUT2D eigenvalue weighted by Crippen LogP contribution is -2.43. The summed E-state index contributed by atoms with van der Waals surface area (Å²) in [7, 11) is 0. The van der Waals surface area contributed by atoms with Crippen molar-refractivity contribution in [3.63, 3.8) is 0 Å². The smallest absolute Gasteiger partial charge is 0.319 e. The molecule has 5 heteroatoms. The molecule has 0 fully saturated rings. The largest absolute Gasteiger partial charge is 0.333 e. The summed E-state index contributed by atoms with van der Waals surface area (Å²) in [6, 6.07) is 6.76. The van der Waals surface area contributed by atoms with Crippen molar-refractivity contribution in [1.82, 2.24) is 5.32 Å². The number of amides is 3. The van der Waals surface area contributed by atoms with Crippen LogP contribution in [0.25, 0.3) is 0 Å². The Labute approximate surface area is 120 Å². The number of rotatable bonds is 3. The van der Waals surface area contributed by atoms with Crippen LogP contribution in [0.4, 0.5) is 16.2 Å². The van der Waals surface area contributed by atoms with E-state index in [-0.39, 0.29) is 23.4 Å². The molecular formula is C15H23N3O2. The highest BCUT2D eigenvalue weighted by molar-refractivity contribution is 5.93. The lowest BCUT2D eigenvalue weighted by molar-refractivity contribution is -0.118. The number of hydrogen-bond donors (Lipinski definition) is 3. The van der Waals surface area contributed by atoms with Gasteiger partial charge in [-0.2, -0.15) is 0 Å². The second-order valence-corrected chi connectivity index (χ2v) is 6.05. The van der Waals surface area contributed by atoms with Crippen molar-refractivity contribution in [1.29, 1.82) is 0 Å². The zero-order valence-corrected chi connectivity index (χ0v) is 12.7. The van der Waals surface area contributed by atoms with E-state index in [1.54, 1.807) is 24.3 Å². The fourth-order valence-electron chi connectivity index (χ4n) is 1.43. The van der Waals surface area contributed by atoms with Crippen LogP contribution in [0.1, 0.15) is 34.6 Å². The van der Waals surface area contributed by atoms with Gasteiger partial charge in [-0.3, -0.25) is 4.79 Å². The molecule has 0 aliphatic carbocycles. The molecule has 20 heavy (non-hydrogen) atoms. The summed E-state index contributed by atoms with van der Waals surface area (Å²) in [6.07, 6.45) is 0. The van der Waals surface area contributed by atoms with E-state index >= 15 is 0 Å². The van der Waals surface area contributed by atoms with Crippen LogP contribution >= 0.6 is 0 Å². The number of hydrogen-bond acceptors (Lipinski definition) is 2. The van der Waals surface area contributed by atoms with Gasteiger partial charge < -0.3 is 16.0 Å². The minimum atomic E-state index is -0.282. The van der Waals surface area contributed by atoms with Gasteiger partial charge in [0, 0.05) is 22.8 Å². The fraction of sp³-hybridized carbons (Fsp3) is 0.467. The maximum Gasteiger partial charge on any atom is 0.319 e. The van der Waals surface area contributed by atoms with E-state index < -0.39 is 0 Å². The molecule has 1 aromatic rings. The van der Waals surface area contributed by atoms with Gasteiger partial charge in [-0.1, -0.05) is 13.8 Å². The number of carbonyl (C=O) groups is 2. The molecule has 0 aliphatic heterocycles. The van der Waals surface area contributed by atoms with E-state index in [2.05, 4.69) is 16.0 Å². The Balaban J connectivity index is 2.59. The number of urea groups is 1. The minimum Gasteiger partial charge on any atom is -0.333 e. The summed E-state index contributed by atoms with van der Waals surface area (Å²) in [5.41, 5.74) is 1.11. The highest BCUT2D eigenvalue weighted by Crippen LogP contribution is 2.14. The molecule has 0 atom stereocenters. The quantitative estimate of drug-likeness (QED) is 0.794. The van der Waals surface area contributed by atoms with Crippen molar-refractivity contribution in [2.24, 2.45) is 5.92 Å². The van der Waals surface area contributed by atoms with Crippen molar-refractivity contribution >= 4 is 23.3 Å². The minimum absolute atomic E-state index is 0.0313. The maximum absolute atomic E-state index is 11.7. The lowest BCUT2D eigenvalue weighted by Gasteiger charge is -2.20. The molecule has 5 nitrogen and oxygen atoms in total. The topological polar surface area (TPSA) is 70.2 Å². The summed E-state index contributed by atoms with van der Waals surface area (Å²) in [5, 5.41) is 8.34. The molecule has 110 valence electrons. The molecule has 0 spiro atoms. The number of carbonyl (C=O) groups excluding carboxylic acids is 2. The Hall–Kier alpha value is -2.04. The zero-order valence-electron chi connectivity index (χ0n) is 12.7. The monoisotopic (exact) mass is 277 g/mol. The number of nitrogens with one attached hydrogen (secondary N) is 3. The first-order valence-corrected chi connectivity index (χ1v) is 6.67. The van der Waals surface area contributed by atoms with E-state index in [1.165, 1.54) is 0 Å². The third-order valence-corrected chi connectivity index (χ3v) is 2.42. The molecule has 0 saturated heterocycles. The van der Waals surface area contributed by atoms with Gasteiger partial charge in [-0.25, -0.2) is 4.79 Å². The molecule has 0 aliphatic rings. The molecule has 0 aromatic heterocycles. The van der Waals surface area contributed by atoms with Gasteiger partial charge in [0.15, 0.2) is 0 Å². The first kappa shape index (κ1) is 16.0. The summed E-state index contributed by atoms with van der Waals surface area (Å²) >= 11 is 0. The molecule has 0 radical (unpaired) electrons. The third kappa shape index (κ3) is 5.73.